The van der Waals surface area contributed by atoms with Crippen LogP contribution in [0, 0.1) is 6.92 Å². The normalized spacial score (nSPS) is 11.3. The molecule has 2 heteroatoms. The summed E-state index contributed by atoms with van der Waals surface area (Å²) in [6.45, 7) is 3.74. The third-order valence-corrected chi connectivity index (χ3v) is 1.50. The summed E-state index contributed by atoms with van der Waals surface area (Å²) in [6, 6.07) is 3.86. The van der Waals surface area contributed by atoms with Gasteiger partial charge >= 0.3 is 0 Å². The van der Waals surface area contributed by atoms with Gasteiger partial charge in [0.05, 0.1) is 5.69 Å². The first-order valence-corrected chi connectivity index (χ1v) is 3.78. The second-order valence-corrected chi connectivity index (χ2v) is 2.77. The van der Waals surface area contributed by atoms with E-state index in [1.165, 1.54) is 0 Å². The highest BCUT2D eigenvalue weighted by Gasteiger charge is 1.90. The quantitative estimate of drug-likeness (QED) is 0.490. The van der Waals surface area contributed by atoms with E-state index in [0.717, 1.165) is 17.5 Å². The summed E-state index contributed by atoms with van der Waals surface area (Å²) < 4.78 is 0. The van der Waals surface area contributed by atoms with Gasteiger partial charge in [-0.05, 0) is 37.1 Å². The van der Waals surface area contributed by atoms with Crippen molar-refractivity contribution in [1.29, 1.82) is 0 Å². The molecule has 1 aromatic rings. The number of pyridine rings is 1. The van der Waals surface area contributed by atoms with Crippen LogP contribution in [0.4, 0.5) is 0 Å². The number of rotatable bonds is 2. The summed E-state index contributed by atoms with van der Waals surface area (Å²) >= 11 is 0. The number of carbonyl (C=O) groups is 1. The molecule has 0 aliphatic heterocycles. The average Bonchev–Trinajstić information content (AvgIpc) is 2.09. The Balaban J connectivity index is 2.91. The topological polar surface area (TPSA) is 30.0 Å². The molecule has 0 unspecified atom stereocenters. The Morgan fingerprint density at radius 1 is 1.50 bits per heavy atom. The summed E-state index contributed by atoms with van der Waals surface area (Å²) in [5.41, 5.74) is 2.63. The highest BCUT2D eigenvalue weighted by atomic mass is 16.1. The second-order valence-electron chi connectivity index (χ2n) is 2.77. The van der Waals surface area contributed by atoms with Crippen molar-refractivity contribution in [2.75, 3.05) is 0 Å². The van der Waals surface area contributed by atoms with Gasteiger partial charge in [0.2, 0.25) is 0 Å². The van der Waals surface area contributed by atoms with Crippen LogP contribution in [-0.2, 0) is 4.79 Å². The summed E-state index contributed by atoms with van der Waals surface area (Å²) in [5, 5.41) is 0. The maximum absolute atomic E-state index is 10.3. The van der Waals surface area contributed by atoms with Crippen molar-refractivity contribution in [3.8, 4) is 0 Å². The largest absolute Gasteiger partial charge is 0.298 e. The molecule has 0 aromatic carbocycles. The van der Waals surface area contributed by atoms with Gasteiger partial charge in [0.25, 0.3) is 0 Å². The van der Waals surface area contributed by atoms with Crippen LogP contribution in [0.25, 0.3) is 6.08 Å². The fraction of sp³-hybridized carbons (Fsp3) is 0.200. The zero-order chi connectivity index (χ0) is 8.97. The number of carbonyl (C=O) groups excluding carboxylic acids is 1. The van der Waals surface area contributed by atoms with Crippen molar-refractivity contribution in [2.24, 2.45) is 0 Å². The average molecular weight is 161 g/mol. The molecule has 1 rings (SSSR count). The van der Waals surface area contributed by atoms with Crippen molar-refractivity contribution in [2.45, 2.75) is 13.8 Å². The highest BCUT2D eigenvalue weighted by Crippen LogP contribution is 2.02. The summed E-state index contributed by atoms with van der Waals surface area (Å²) in [4.78, 5) is 14.4. The zero-order valence-electron chi connectivity index (χ0n) is 7.24. The first-order chi connectivity index (χ1) is 5.72. The number of aryl methyl sites for hydroxylation is 1. The Hall–Kier alpha value is -1.44. The molecule has 0 saturated heterocycles. The molecule has 0 fully saturated rings. The minimum absolute atomic E-state index is 0.686. The minimum Gasteiger partial charge on any atom is -0.298 e. The van der Waals surface area contributed by atoms with E-state index < -0.39 is 0 Å². The van der Waals surface area contributed by atoms with Gasteiger partial charge in [-0.2, -0.15) is 0 Å². The summed E-state index contributed by atoms with van der Waals surface area (Å²) in [5.74, 6) is 0. The van der Waals surface area contributed by atoms with Gasteiger partial charge in [-0.1, -0.05) is 6.07 Å². The van der Waals surface area contributed by atoms with Crippen molar-refractivity contribution >= 4 is 12.4 Å². The predicted molar refractivity (Wildman–Crippen MR) is 48.7 cm³/mol. The lowest BCUT2D eigenvalue weighted by molar-refractivity contribution is -0.104. The van der Waals surface area contributed by atoms with Crippen LogP contribution in [0.1, 0.15) is 18.2 Å². The van der Waals surface area contributed by atoms with Crippen LogP contribution in [0.2, 0.25) is 0 Å². The SMILES string of the molecule is C/C(C=O)=C/c1ccc(C)cn1. The molecule has 62 valence electrons. The van der Waals surface area contributed by atoms with Gasteiger partial charge in [-0.15, -0.1) is 0 Å². The molecule has 0 spiro atoms. The summed E-state index contributed by atoms with van der Waals surface area (Å²) in [6.07, 6.45) is 4.36. The van der Waals surface area contributed by atoms with Gasteiger partial charge < -0.3 is 0 Å². The molecule has 0 aliphatic rings. The molecular formula is C10H11NO. The van der Waals surface area contributed by atoms with Crippen LogP contribution in [-0.4, -0.2) is 11.3 Å². The maximum Gasteiger partial charge on any atom is 0.145 e. The molecule has 0 saturated carbocycles. The third-order valence-electron chi connectivity index (χ3n) is 1.50. The number of hydrogen-bond donors (Lipinski definition) is 0. The molecule has 0 amide bonds. The molecule has 0 atom stereocenters. The predicted octanol–water partition coefficient (Wildman–Crippen LogP) is 1.99. The molecule has 2 nitrogen and oxygen atoms in total. The number of allylic oxidation sites excluding steroid dienone is 1. The van der Waals surface area contributed by atoms with E-state index in [9.17, 15) is 4.79 Å². The molecule has 1 aromatic heterocycles. The van der Waals surface area contributed by atoms with Crippen molar-refractivity contribution in [1.82, 2.24) is 4.98 Å². The lowest BCUT2D eigenvalue weighted by Gasteiger charge is -1.93. The molecule has 1 heterocycles. The fourth-order valence-corrected chi connectivity index (χ4v) is 0.832. The van der Waals surface area contributed by atoms with Gasteiger partial charge in [-0.3, -0.25) is 9.78 Å². The smallest absolute Gasteiger partial charge is 0.145 e. The van der Waals surface area contributed by atoms with Gasteiger partial charge in [-0.25, -0.2) is 0 Å². The number of aldehydes is 1. The van der Waals surface area contributed by atoms with E-state index in [1.54, 1.807) is 19.2 Å². The molecular weight excluding hydrogens is 150 g/mol. The lowest BCUT2D eigenvalue weighted by Crippen LogP contribution is -1.83. The molecule has 0 N–H and O–H groups in total. The van der Waals surface area contributed by atoms with Crippen LogP contribution in [0.5, 0.6) is 0 Å². The van der Waals surface area contributed by atoms with E-state index >= 15 is 0 Å². The Labute approximate surface area is 71.9 Å². The van der Waals surface area contributed by atoms with E-state index in [-0.39, 0.29) is 0 Å². The van der Waals surface area contributed by atoms with Crippen LogP contribution in [0.15, 0.2) is 23.9 Å². The van der Waals surface area contributed by atoms with Gasteiger partial charge in [0, 0.05) is 6.20 Å². The monoisotopic (exact) mass is 161 g/mol. The Morgan fingerprint density at radius 2 is 2.25 bits per heavy atom. The molecule has 0 aliphatic carbocycles. The first-order valence-electron chi connectivity index (χ1n) is 3.78. The van der Waals surface area contributed by atoms with Crippen LogP contribution < -0.4 is 0 Å². The van der Waals surface area contributed by atoms with Gasteiger partial charge in [0.1, 0.15) is 6.29 Å². The first kappa shape index (κ1) is 8.65. The fourth-order valence-electron chi connectivity index (χ4n) is 0.832. The number of hydrogen-bond acceptors (Lipinski definition) is 2. The lowest BCUT2D eigenvalue weighted by atomic mass is 10.2. The molecule has 0 bridgehead atoms. The Kier molecular flexibility index (Phi) is 2.75. The van der Waals surface area contributed by atoms with E-state index in [2.05, 4.69) is 4.98 Å². The summed E-state index contributed by atoms with van der Waals surface area (Å²) in [7, 11) is 0. The van der Waals surface area contributed by atoms with Crippen molar-refractivity contribution in [3.05, 3.63) is 35.2 Å². The Bertz CT molecular complexity index is 298. The van der Waals surface area contributed by atoms with E-state index in [0.29, 0.717) is 5.57 Å². The Morgan fingerprint density at radius 3 is 2.75 bits per heavy atom. The highest BCUT2D eigenvalue weighted by molar-refractivity contribution is 5.80. The number of nitrogens with zero attached hydrogens (tertiary/aromatic N) is 1. The van der Waals surface area contributed by atoms with Crippen molar-refractivity contribution in [3.63, 3.8) is 0 Å². The van der Waals surface area contributed by atoms with E-state index in [4.69, 9.17) is 0 Å². The number of aromatic nitrogens is 1. The second kappa shape index (κ2) is 3.81. The standard InChI is InChI=1S/C10H11NO/c1-8-3-4-10(11-6-8)5-9(2)7-12/h3-7H,1-2H3/b9-5-. The maximum atomic E-state index is 10.3. The van der Waals surface area contributed by atoms with Crippen LogP contribution >= 0.6 is 0 Å². The molecule has 0 radical (unpaired) electrons. The third kappa shape index (κ3) is 2.31. The molecule has 12 heavy (non-hydrogen) atoms. The zero-order valence-corrected chi connectivity index (χ0v) is 7.24. The van der Waals surface area contributed by atoms with Gasteiger partial charge in [0.15, 0.2) is 0 Å². The van der Waals surface area contributed by atoms with E-state index in [1.807, 2.05) is 19.1 Å². The van der Waals surface area contributed by atoms with Crippen molar-refractivity contribution < 1.29 is 4.79 Å². The minimum atomic E-state index is 0.686. The van der Waals surface area contributed by atoms with Crippen LogP contribution in [0.3, 0.4) is 0 Å².